The quantitative estimate of drug-likeness (QED) is 0.401. The molecule has 0 atom stereocenters. The van der Waals surface area contributed by atoms with Gasteiger partial charge in [-0.1, -0.05) is 13.8 Å². The van der Waals surface area contributed by atoms with E-state index in [0.717, 1.165) is 37.6 Å². The number of nitrogens with one attached hydrogen (secondary N) is 2. The molecular weight excluding hydrogens is 408 g/mol. The van der Waals surface area contributed by atoms with Gasteiger partial charge < -0.3 is 39.6 Å². The Morgan fingerprint density at radius 1 is 0.688 bits per heavy atom. The van der Waals surface area contributed by atoms with Crippen molar-refractivity contribution < 1.29 is 18.9 Å². The molecule has 2 aromatic rings. The van der Waals surface area contributed by atoms with Gasteiger partial charge in [-0.3, -0.25) is 0 Å². The van der Waals surface area contributed by atoms with Crippen molar-refractivity contribution >= 4 is 11.4 Å². The van der Waals surface area contributed by atoms with Crippen LogP contribution in [-0.4, -0.2) is 77.5 Å². The lowest BCUT2D eigenvalue weighted by molar-refractivity contribution is 0.217. The summed E-state index contributed by atoms with van der Waals surface area (Å²) in [6.45, 7) is 9.18. The van der Waals surface area contributed by atoms with E-state index in [1.807, 2.05) is 50.5 Å². The second-order valence-corrected chi connectivity index (χ2v) is 7.51. The molecule has 8 nitrogen and oxygen atoms in total. The van der Waals surface area contributed by atoms with E-state index in [-0.39, 0.29) is 0 Å². The van der Waals surface area contributed by atoms with E-state index in [2.05, 4.69) is 34.5 Å². The Labute approximate surface area is 192 Å². The van der Waals surface area contributed by atoms with Crippen LogP contribution in [0.3, 0.4) is 0 Å². The first kappa shape index (κ1) is 25.4. The second-order valence-electron chi connectivity index (χ2n) is 7.51. The molecule has 0 aliphatic carbocycles. The zero-order chi connectivity index (χ0) is 23.3. The van der Waals surface area contributed by atoms with Crippen LogP contribution in [0.4, 0.5) is 11.4 Å². The average molecular weight is 447 g/mol. The third kappa shape index (κ3) is 8.01. The molecule has 32 heavy (non-hydrogen) atoms. The third-order valence-electron chi connectivity index (χ3n) is 5.03. The lowest BCUT2D eigenvalue weighted by Crippen LogP contribution is -2.28. The Hall–Kier alpha value is -2.84. The van der Waals surface area contributed by atoms with Crippen molar-refractivity contribution in [2.24, 2.45) is 0 Å². The van der Waals surface area contributed by atoms with Crippen molar-refractivity contribution in [1.82, 2.24) is 9.80 Å². The summed E-state index contributed by atoms with van der Waals surface area (Å²) in [5.74, 6) is 2.80. The van der Waals surface area contributed by atoms with Crippen molar-refractivity contribution in [3.8, 4) is 23.0 Å². The summed E-state index contributed by atoms with van der Waals surface area (Å²) in [6, 6.07) is 11.5. The van der Waals surface area contributed by atoms with Crippen LogP contribution in [0.25, 0.3) is 0 Å². The number of benzene rings is 2. The molecule has 178 valence electrons. The van der Waals surface area contributed by atoms with Gasteiger partial charge in [0.25, 0.3) is 0 Å². The van der Waals surface area contributed by atoms with Gasteiger partial charge in [0, 0.05) is 25.2 Å². The predicted octanol–water partition coefficient (Wildman–Crippen LogP) is 3.80. The Bertz CT molecular complexity index is 813. The number of anilines is 2. The lowest BCUT2D eigenvalue weighted by Gasteiger charge is -2.19. The number of likely N-dealkylation sites (N-methyl/N-ethyl adjacent to an activating group) is 2. The first-order valence-electron chi connectivity index (χ1n) is 11.0. The molecule has 0 heterocycles. The van der Waals surface area contributed by atoms with Gasteiger partial charge in [0.1, 0.15) is 13.2 Å². The number of rotatable bonds is 15. The maximum Gasteiger partial charge on any atom is 0.163 e. The van der Waals surface area contributed by atoms with Crippen LogP contribution in [-0.2, 0) is 0 Å². The van der Waals surface area contributed by atoms with Crippen LogP contribution in [0.1, 0.15) is 13.8 Å². The van der Waals surface area contributed by atoms with E-state index in [4.69, 9.17) is 18.9 Å². The Balaban J connectivity index is 2.01. The molecule has 0 aliphatic rings. The van der Waals surface area contributed by atoms with E-state index in [9.17, 15) is 0 Å². The topological polar surface area (TPSA) is 67.5 Å². The molecule has 0 aromatic heterocycles. The van der Waals surface area contributed by atoms with Gasteiger partial charge in [-0.2, -0.15) is 0 Å². The average Bonchev–Trinajstić information content (AvgIpc) is 2.80. The molecule has 0 unspecified atom stereocenters. The molecule has 0 bridgehead atoms. The fourth-order valence-electron chi connectivity index (χ4n) is 3.04. The fourth-order valence-corrected chi connectivity index (χ4v) is 3.04. The van der Waals surface area contributed by atoms with Gasteiger partial charge in [0.2, 0.25) is 0 Å². The predicted molar refractivity (Wildman–Crippen MR) is 131 cm³/mol. The number of hydrogen-bond acceptors (Lipinski definition) is 8. The van der Waals surface area contributed by atoms with Crippen molar-refractivity contribution in [3.63, 3.8) is 0 Å². The fraction of sp³-hybridized carbons (Fsp3) is 0.500. The Kier molecular flexibility index (Phi) is 10.8. The largest absolute Gasteiger partial charge is 0.493 e. The van der Waals surface area contributed by atoms with Gasteiger partial charge in [-0.05, 0) is 51.5 Å². The van der Waals surface area contributed by atoms with Crippen LogP contribution < -0.4 is 29.8 Å². The zero-order valence-corrected chi connectivity index (χ0v) is 20.2. The van der Waals surface area contributed by atoms with Gasteiger partial charge >= 0.3 is 0 Å². The molecule has 0 radical (unpaired) electrons. The van der Waals surface area contributed by atoms with Crippen LogP contribution in [0.5, 0.6) is 23.0 Å². The van der Waals surface area contributed by atoms with E-state index in [0.29, 0.717) is 36.2 Å². The molecule has 0 amide bonds. The summed E-state index contributed by atoms with van der Waals surface area (Å²) >= 11 is 0. The highest BCUT2D eigenvalue weighted by Gasteiger charge is 2.09. The summed E-state index contributed by atoms with van der Waals surface area (Å²) in [5, 5.41) is 0. The number of hydrazine groups is 1. The standard InChI is InChI=1S/C24H38N4O4/c1-7-28(8-2)14-16-32-24-18-20(10-12-22(24)30-6)26-25-19-9-11-21(29-5)23(17-19)31-15-13-27(3)4/h9-12,17-18,25-26H,7-8,13-16H2,1-6H3. The van der Waals surface area contributed by atoms with Gasteiger partial charge in [0.05, 0.1) is 25.6 Å². The monoisotopic (exact) mass is 446 g/mol. The third-order valence-corrected chi connectivity index (χ3v) is 5.03. The molecule has 0 saturated carbocycles. The number of ether oxygens (including phenoxy) is 4. The Morgan fingerprint density at radius 2 is 1.16 bits per heavy atom. The molecule has 0 fully saturated rings. The van der Waals surface area contributed by atoms with Crippen molar-refractivity contribution in [2.45, 2.75) is 13.8 Å². The molecule has 0 spiro atoms. The normalized spacial score (nSPS) is 10.9. The molecule has 2 rings (SSSR count). The molecule has 8 heteroatoms. The van der Waals surface area contributed by atoms with E-state index in [1.165, 1.54) is 0 Å². The maximum atomic E-state index is 5.99. The minimum Gasteiger partial charge on any atom is -0.493 e. The van der Waals surface area contributed by atoms with Gasteiger partial charge in [0.15, 0.2) is 23.0 Å². The van der Waals surface area contributed by atoms with Crippen molar-refractivity contribution in [3.05, 3.63) is 36.4 Å². The number of hydrogen-bond donors (Lipinski definition) is 2. The van der Waals surface area contributed by atoms with Gasteiger partial charge in [-0.15, -0.1) is 0 Å². The number of methoxy groups -OCH3 is 2. The minimum atomic E-state index is 0.576. The molecule has 2 N–H and O–H groups in total. The van der Waals surface area contributed by atoms with E-state index >= 15 is 0 Å². The highest BCUT2D eigenvalue weighted by molar-refractivity contribution is 5.60. The van der Waals surface area contributed by atoms with Crippen LogP contribution in [0.15, 0.2) is 36.4 Å². The molecule has 0 saturated heterocycles. The smallest absolute Gasteiger partial charge is 0.163 e. The summed E-state index contributed by atoms with van der Waals surface area (Å²) in [4.78, 5) is 4.39. The lowest BCUT2D eigenvalue weighted by atomic mass is 10.2. The van der Waals surface area contributed by atoms with Crippen molar-refractivity contribution in [1.29, 1.82) is 0 Å². The molecule has 2 aromatic carbocycles. The zero-order valence-electron chi connectivity index (χ0n) is 20.2. The van der Waals surface area contributed by atoms with E-state index < -0.39 is 0 Å². The molecule has 0 aliphatic heterocycles. The second kappa shape index (κ2) is 13.5. The maximum absolute atomic E-state index is 5.99. The van der Waals surface area contributed by atoms with Crippen LogP contribution in [0, 0.1) is 0 Å². The van der Waals surface area contributed by atoms with Crippen molar-refractivity contribution in [2.75, 3.05) is 78.6 Å². The first-order chi connectivity index (χ1) is 15.5. The van der Waals surface area contributed by atoms with Crippen LogP contribution >= 0.6 is 0 Å². The molecular formula is C24H38N4O4. The van der Waals surface area contributed by atoms with Crippen LogP contribution in [0.2, 0.25) is 0 Å². The summed E-state index contributed by atoms with van der Waals surface area (Å²) < 4.78 is 22.7. The SMILES string of the molecule is CCN(CC)CCOc1cc(NNc2ccc(OC)c(OCCN(C)C)c2)ccc1OC. The van der Waals surface area contributed by atoms with Gasteiger partial charge in [-0.25, -0.2) is 0 Å². The minimum absolute atomic E-state index is 0.576. The summed E-state index contributed by atoms with van der Waals surface area (Å²) in [6.07, 6.45) is 0. The highest BCUT2D eigenvalue weighted by atomic mass is 16.5. The van der Waals surface area contributed by atoms with E-state index in [1.54, 1.807) is 14.2 Å². The summed E-state index contributed by atoms with van der Waals surface area (Å²) in [7, 11) is 7.31. The highest BCUT2D eigenvalue weighted by Crippen LogP contribution is 2.32. The Morgan fingerprint density at radius 3 is 1.56 bits per heavy atom. The first-order valence-corrected chi connectivity index (χ1v) is 11.0. The number of nitrogens with zero attached hydrogens (tertiary/aromatic N) is 2. The summed E-state index contributed by atoms with van der Waals surface area (Å²) in [5.41, 5.74) is 8.13.